The van der Waals surface area contributed by atoms with Crippen LogP contribution in [0.5, 0.6) is 11.5 Å². The number of pyridine rings is 1. The van der Waals surface area contributed by atoms with E-state index in [4.69, 9.17) is 9.47 Å². The molecule has 1 unspecified atom stereocenters. The highest BCUT2D eigenvalue weighted by Crippen LogP contribution is 2.42. The summed E-state index contributed by atoms with van der Waals surface area (Å²) >= 11 is 0. The van der Waals surface area contributed by atoms with E-state index in [1.54, 1.807) is 20.4 Å². The van der Waals surface area contributed by atoms with Crippen LogP contribution < -0.4 is 9.47 Å². The number of fused-ring (bicyclic) bond motifs is 4. The average Bonchev–Trinajstić information content (AvgIpc) is 2.86. The Hall–Kier alpha value is -2.89. The fourth-order valence-corrected chi connectivity index (χ4v) is 5.38. The molecule has 0 radical (unpaired) electrons. The molecular weight excluding hydrogens is 400 g/mol. The molecule has 0 saturated carbocycles. The van der Waals surface area contributed by atoms with Crippen molar-refractivity contribution < 1.29 is 14.6 Å². The second-order valence-corrected chi connectivity index (χ2v) is 8.87. The molecule has 0 spiro atoms. The third-order valence-corrected chi connectivity index (χ3v) is 7.15. The van der Waals surface area contributed by atoms with E-state index in [2.05, 4.69) is 34.2 Å². The number of hydrogen-bond acceptors (Lipinski definition) is 5. The van der Waals surface area contributed by atoms with E-state index >= 15 is 0 Å². The Balaban J connectivity index is 1.35. The third-order valence-electron chi connectivity index (χ3n) is 7.15. The summed E-state index contributed by atoms with van der Waals surface area (Å²) in [4.78, 5) is 6.94. The molecule has 3 fully saturated rings. The molecule has 5 atom stereocenters. The van der Waals surface area contributed by atoms with Gasteiger partial charge in [0.1, 0.15) is 11.5 Å². The lowest BCUT2D eigenvalue weighted by molar-refractivity contribution is -0.0444. The Morgan fingerprint density at radius 3 is 2.72 bits per heavy atom. The number of piperidine rings is 3. The molecule has 5 nitrogen and oxygen atoms in total. The van der Waals surface area contributed by atoms with Gasteiger partial charge in [0.25, 0.3) is 0 Å². The maximum atomic E-state index is 11.4. The van der Waals surface area contributed by atoms with E-state index in [1.165, 1.54) is 6.42 Å². The lowest BCUT2D eigenvalue weighted by Gasteiger charge is -2.50. The van der Waals surface area contributed by atoms with Crippen LogP contribution in [0.25, 0.3) is 17.0 Å². The Labute approximate surface area is 189 Å². The van der Waals surface area contributed by atoms with Gasteiger partial charge < -0.3 is 14.6 Å². The van der Waals surface area contributed by atoms with Gasteiger partial charge in [0, 0.05) is 24.2 Å². The number of rotatable bonds is 6. The number of aromatic nitrogens is 1. The highest BCUT2D eigenvalue weighted by Gasteiger charge is 2.42. The summed E-state index contributed by atoms with van der Waals surface area (Å²) in [5.74, 6) is 2.76. The van der Waals surface area contributed by atoms with Gasteiger partial charge in [-0.05, 0) is 78.7 Å². The number of methoxy groups -OCH3 is 2. The number of ether oxygens (including phenoxy) is 2. The molecule has 2 aromatic carbocycles. The predicted octanol–water partition coefficient (Wildman–Crippen LogP) is 4.71. The highest BCUT2D eigenvalue weighted by atomic mass is 16.5. The minimum atomic E-state index is -0.543. The topological polar surface area (TPSA) is 54.8 Å². The number of nitrogens with zero attached hydrogens (tertiary/aromatic N) is 2. The lowest BCUT2D eigenvalue weighted by atomic mass is 9.73. The van der Waals surface area contributed by atoms with Crippen molar-refractivity contribution in [2.45, 2.75) is 25.0 Å². The molecule has 2 bridgehead atoms. The number of aliphatic hydroxyl groups is 1. The molecule has 3 aliphatic rings. The van der Waals surface area contributed by atoms with Crippen molar-refractivity contribution in [1.82, 2.24) is 9.88 Å². The molecule has 4 heterocycles. The van der Waals surface area contributed by atoms with Gasteiger partial charge in [-0.2, -0.15) is 0 Å². The van der Waals surface area contributed by atoms with Crippen LogP contribution in [0.1, 0.15) is 30.1 Å². The number of aliphatic hydroxyl groups excluding tert-OH is 1. The molecule has 32 heavy (non-hydrogen) atoms. The Bertz CT molecular complexity index is 1130. The van der Waals surface area contributed by atoms with Crippen LogP contribution in [0.3, 0.4) is 0 Å². The molecular formula is C27H30N2O3. The first kappa shape index (κ1) is 21.0. The monoisotopic (exact) mass is 430 g/mol. The predicted molar refractivity (Wildman–Crippen MR) is 127 cm³/mol. The molecule has 0 amide bonds. The van der Waals surface area contributed by atoms with Crippen LogP contribution in [0, 0.1) is 11.8 Å². The van der Waals surface area contributed by atoms with Crippen LogP contribution in [-0.2, 0) is 0 Å². The zero-order chi connectivity index (χ0) is 22.1. The molecule has 1 aromatic heterocycles. The summed E-state index contributed by atoms with van der Waals surface area (Å²) in [7, 11) is 3.36. The molecule has 5 heteroatoms. The summed E-state index contributed by atoms with van der Waals surface area (Å²) in [6.45, 7) is 2.03. The quantitative estimate of drug-likeness (QED) is 0.614. The van der Waals surface area contributed by atoms with E-state index in [-0.39, 0.29) is 6.04 Å². The molecule has 0 aliphatic carbocycles. The molecule has 3 saturated heterocycles. The van der Waals surface area contributed by atoms with Crippen LogP contribution in [0.4, 0.5) is 0 Å². The maximum absolute atomic E-state index is 11.4. The summed E-state index contributed by atoms with van der Waals surface area (Å²) in [6, 6.07) is 16.1. The molecule has 3 aliphatic heterocycles. The van der Waals surface area contributed by atoms with Crippen molar-refractivity contribution in [3.05, 3.63) is 71.9 Å². The van der Waals surface area contributed by atoms with Gasteiger partial charge in [0.05, 0.1) is 25.8 Å². The largest absolute Gasteiger partial charge is 0.497 e. The molecule has 1 N–H and O–H groups in total. The second-order valence-electron chi connectivity index (χ2n) is 8.87. The summed E-state index contributed by atoms with van der Waals surface area (Å²) in [5.41, 5.74) is 2.99. The first-order chi connectivity index (χ1) is 15.7. The first-order valence-electron chi connectivity index (χ1n) is 11.3. The van der Waals surface area contributed by atoms with Crippen LogP contribution in [-0.4, -0.2) is 48.3 Å². The van der Waals surface area contributed by atoms with Crippen molar-refractivity contribution in [2.24, 2.45) is 11.8 Å². The van der Waals surface area contributed by atoms with Crippen molar-refractivity contribution in [2.75, 3.05) is 27.3 Å². The smallest absolute Gasteiger partial charge is 0.119 e. The van der Waals surface area contributed by atoms with E-state index in [1.807, 2.05) is 36.4 Å². The van der Waals surface area contributed by atoms with Crippen molar-refractivity contribution in [3.63, 3.8) is 0 Å². The van der Waals surface area contributed by atoms with Crippen LogP contribution in [0.2, 0.25) is 0 Å². The second kappa shape index (κ2) is 8.93. The van der Waals surface area contributed by atoms with Crippen LogP contribution in [0.15, 0.2) is 60.8 Å². The molecule has 166 valence electrons. The number of hydrogen-bond donors (Lipinski definition) is 1. The number of benzene rings is 2. The summed E-state index contributed by atoms with van der Waals surface area (Å²) < 4.78 is 10.7. The average molecular weight is 431 g/mol. The van der Waals surface area contributed by atoms with Gasteiger partial charge in [-0.1, -0.05) is 24.3 Å². The minimum absolute atomic E-state index is 0.132. The maximum Gasteiger partial charge on any atom is 0.119 e. The normalized spacial score (nSPS) is 25.8. The Kier molecular flexibility index (Phi) is 5.85. The zero-order valence-electron chi connectivity index (χ0n) is 18.6. The van der Waals surface area contributed by atoms with E-state index < -0.39 is 6.10 Å². The summed E-state index contributed by atoms with van der Waals surface area (Å²) in [6.07, 6.45) is 8.00. The van der Waals surface area contributed by atoms with E-state index in [0.29, 0.717) is 11.8 Å². The van der Waals surface area contributed by atoms with Crippen molar-refractivity contribution >= 4 is 17.0 Å². The Morgan fingerprint density at radius 2 is 1.94 bits per heavy atom. The van der Waals surface area contributed by atoms with Gasteiger partial charge in [-0.25, -0.2) is 0 Å². The third kappa shape index (κ3) is 3.98. The molecule has 3 aromatic rings. The van der Waals surface area contributed by atoms with Gasteiger partial charge in [-0.15, -0.1) is 0 Å². The Morgan fingerprint density at radius 1 is 1.09 bits per heavy atom. The van der Waals surface area contributed by atoms with Gasteiger partial charge in [0.15, 0.2) is 0 Å². The van der Waals surface area contributed by atoms with Gasteiger partial charge in [0.2, 0.25) is 0 Å². The summed E-state index contributed by atoms with van der Waals surface area (Å²) in [5, 5.41) is 12.4. The van der Waals surface area contributed by atoms with Crippen LogP contribution >= 0.6 is 0 Å². The molecule has 6 rings (SSSR count). The highest BCUT2D eigenvalue weighted by molar-refractivity contribution is 5.84. The fourth-order valence-electron chi connectivity index (χ4n) is 5.38. The fraction of sp³-hybridized carbons (Fsp3) is 0.370. The standard InChI is InChI=1S/C27H30N2O3/c1-31-21-5-3-4-18(14-21)6-7-20-17-29-13-11-19(20)15-26(29)27(30)23-10-12-28-25-9-8-22(32-2)16-24(23)25/h3-10,12,14,16,19-20,26-27,30H,11,13,15,17H2,1-2H3/b7-6+/t19-,20+,26-,27-/m1/s1. The van der Waals surface area contributed by atoms with Gasteiger partial charge in [-0.3, -0.25) is 9.88 Å². The SMILES string of the molecule is COc1cccc(/C=C/[C@H]2CN3CC[C@@H]2C[C@@H]3[C@H](O)c2ccnc3ccc(OC)cc23)c1. The van der Waals surface area contributed by atoms with E-state index in [9.17, 15) is 5.11 Å². The zero-order valence-corrected chi connectivity index (χ0v) is 18.6. The van der Waals surface area contributed by atoms with Crippen molar-refractivity contribution in [1.29, 1.82) is 0 Å². The van der Waals surface area contributed by atoms with Crippen molar-refractivity contribution in [3.8, 4) is 11.5 Å². The van der Waals surface area contributed by atoms with Gasteiger partial charge >= 0.3 is 0 Å². The lowest BCUT2D eigenvalue weighted by Crippen LogP contribution is -2.54. The minimum Gasteiger partial charge on any atom is -0.497 e. The first-order valence-corrected chi connectivity index (χ1v) is 11.3. The van der Waals surface area contributed by atoms with E-state index in [0.717, 1.165) is 53.0 Å².